The number of para-hydroxylation sites is 1. The molecule has 0 amide bonds. The SMILES string of the molecule is CCCc1ccc(C(O)CN(C)c2ccccc2F)cc1. The van der Waals surface area contributed by atoms with E-state index in [1.54, 1.807) is 30.1 Å². The highest BCUT2D eigenvalue weighted by Crippen LogP contribution is 2.21. The number of nitrogens with zero attached hydrogens (tertiary/aromatic N) is 1. The molecule has 0 bridgehead atoms. The summed E-state index contributed by atoms with van der Waals surface area (Å²) in [7, 11) is 1.78. The van der Waals surface area contributed by atoms with E-state index < -0.39 is 6.10 Å². The summed E-state index contributed by atoms with van der Waals surface area (Å²) in [5, 5.41) is 10.3. The Morgan fingerprint density at radius 2 is 1.76 bits per heavy atom. The van der Waals surface area contributed by atoms with E-state index >= 15 is 0 Å². The predicted molar refractivity (Wildman–Crippen MR) is 85.1 cm³/mol. The van der Waals surface area contributed by atoms with Crippen LogP contribution in [-0.4, -0.2) is 18.7 Å². The van der Waals surface area contributed by atoms with Crippen molar-refractivity contribution < 1.29 is 9.50 Å². The van der Waals surface area contributed by atoms with E-state index in [4.69, 9.17) is 0 Å². The summed E-state index contributed by atoms with van der Waals surface area (Å²) in [6.45, 7) is 2.50. The Morgan fingerprint density at radius 3 is 2.38 bits per heavy atom. The van der Waals surface area contributed by atoms with Crippen LogP contribution in [0.4, 0.5) is 10.1 Å². The molecule has 112 valence electrons. The molecule has 0 saturated carbocycles. The van der Waals surface area contributed by atoms with E-state index in [9.17, 15) is 9.50 Å². The second kappa shape index (κ2) is 7.23. The van der Waals surface area contributed by atoms with Gasteiger partial charge in [-0.2, -0.15) is 0 Å². The van der Waals surface area contributed by atoms with Gasteiger partial charge < -0.3 is 10.0 Å². The van der Waals surface area contributed by atoms with Crippen molar-refractivity contribution in [2.45, 2.75) is 25.9 Å². The van der Waals surface area contributed by atoms with Crippen molar-refractivity contribution in [1.29, 1.82) is 0 Å². The average molecular weight is 287 g/mol. The molecule has 1 N–H and O–H groups in total. The summed E-state index contributed by atoms with van der Waals surface area (Å²) in [5.74, 6) is -0.273. The van der Waals surface area contributed by atoms with Crippen LogP contribution in [0.2, 0.25) is 0 Å². The third kappa shape index (κ3) is 4.05. The molecule has 1 atom stereocenters. The fraction of sp³-hybridized carbons (Fsp3) is 0.333. The van der Waals surface area contributed by atoms with Crippen LogP contribution in [0.25, 0.3) is 0 Å². The number of aryl methyl sites for hydroxylation is 1. The molecule has 1 unspecified atom stereocenters. The van der Waals surface area contributed by atoms with Gasteiger partial charge in [-0.15, -0.1) is 0 Å². The number of halogens is 1. The standard InChI is InChI=1S/C18H22FNO/c1-3-6-14-9-11-15(12-10-14)18(21)13-20(2)17-8-5-4-7-16(17)19/h4-5,7-12,18,21H,3,6,13H2,1-2H3. The zero-order valence-electron chi connectivity index (χ0n) is 12.6. The van der Waals surface area contributed by atoms with Crippen molar-refractivity contribution in [3.8, 4) is 0 Å². The first-order valence-electron chi connectivity index (χ1n) is 7.34. The normalized spacial score (nSPS) is 12.2. The monoisotopic (exact) mass is 287 g/mol. The van der Waals surface area contributed by atoms with Crippen LogP contribution in [0.1, 0.15) is 30.6 Å². The van der Waals surface area contributed by atoms with Crippen LogP contribution in [0.5, 0.6) is 0 Å². The molecule has 0 aliphatic heterocycles. The molecule has 2 nitrogen and oxygen atoms in total. The molecule has 3 heteroatoms. The number of aliphatic hydroxyl groups is 1. The van der Waals surface area contributed by atoms with Crippen LogP contribution in [0, 0.1) is 5.82 Å². The molecule has 0 aromatic heterocycles. The first kappa shape index (κ1) is 15.5. The van der Waals surface area contributed by atoms with Crippen molar-refractivity contribution in [3.63, 3.8) is 0 Å². The quantitative estimate of drug-likeness (QED) is 0.869. The number of likely N-dealkylation sites (N-methyl/N-ethyl adjacent to an activating group) is 1. The second-order valence-corrected chi connectivity index (χ2v) is 5.34. The Balaban J connectivity index is 2.03. The maximum Gasteiger partial charge on any atom is 0.146 e. The minimum Gasteiger partial charge on any atom is -0.387 e. The van der Waals surface area contributed by atoms with Gasteiger partial charge in [0, 0.05) is 13.6 Å². The summed E-state index contributed by atoms with van der Waals surface area (Å²) in [4.78, 5) is 1.74. The van der Waals surface area contributed by atoms with Crippen LogP contribution < -0.4 is 4.90 Å². The van der Waals surface area contributed by atoms with Gasteiger partial charge in [-0.05, 0) is 29.7 Å². The molecule has 2 aromatic rings. The summed E-state index contributed by atoms with van der Waals surface area (Å²) < 4.78 is 13.7. The van der Waals surface area contributed by atoms with E-state index in [0.717, 1.165) is 18.4 Å². The van der Waals surface area contributed by atoms with Gasteiger partial charge in [0.25, 0.3) is 0 Å². The average Bonchev–Trinajstić information content (AvgIpc) is 2.48. The van der Waals surface area contributed by atoms with E-state index in [1.807, 2.05) is 24.3 Å². The highest BCUT2D eigenvalue weighted by molar-refractivity contribution is 5.47. The molecular formula is C18H22FNO. The number of anilines is 1. The second-order valence-electron chi connectivity index (χ2n) is 5.34. The molecule has 2 aromatic carbocycles. The first-order valence-corrected chi connectivity index (χ1v) is 7.34. The largest absolute Gasteiger partial charge is 0.387 e. The third-order valence-corrected chi connectivity index (χ3v) is 3.61. The van der Waals surface area contributed by atoms with Gasteiger partial charge in [-0.1, -0.05) is 49.7 Å². The van der Waals surface area contributed by atoms with Crippen molar-refractivity contribution >= 4 is 5.69 Å². The Labute approximate surface area is 125 Å². The van der Waals surface area contributed by atoms with E-state index in [2.05, 4.69) is 6.92 Å². The zero-order chi connectivity index (χ0) is 15.2. The van der Waals surface area contributed by atoms with Crippen molar-refractivity contribution in [2.24, 2.45) is 0 Å². The van der Waals surface area contributed by atoms with Crippen molar-refractivity contribution in [2.75, 3.05) is 18.5 Å². The first-order chi connectivity index (χ1) is 10.1. The Hall–Kier alpha value is -1.87. The van der Waals surface area contributed by atoms with Gasteiger partial charge in [0.1, 0.15) is 5.82 Å². The number of hydrogen-bond donors (Lipinski definition) is 1. The lowest BCUT2D eigenvalue weighted by molar-refractivity contribution is 0.185. The summed E-state index contributed by atoms with van der Waals surface area (Å²) >= 11 is 0. The minimum absolute atomic E-state index is 0.273. The summed E-state index contributed by atoms with van der Waals surface area (Å²) in [6.07, 6.45) is 1.52. The molecule has 0 heterocycles. The van der Waals surface area contributed by atoms with Crippen LogP contribution in [0.15, 0.2) is 48.5 Å². The molecule has 0 spiro atoms. The van der Waals surface area contributed by atoms with Crippen LogP contribution in [-0.2, 0) is 6.42 Å². The molecule has 0 aliphatic rings. The number of benzene rings is 2. The maximum absolute atomic E-state index is 13.7. The minimum atomic E-state index is -0.634. The molecule has 0 radical (unpaired) electrons. The Bertz CT molecular complexity index is 568. The van der Waals surface area contributed by atoms with Gasteiger partial charge in [0.05, 0.1) is 11.8 Å². The topological polar surface area (TPSA) is 23.5 Å². The lowest BCUT2D eigenvalue weighted by Gasteiger charge is -2.23. The predicted octanol–water partition coefficient (Wildman–Crippen LogP) is 3.95. The van der Waals surface area contributed by atoms with Crippen molar-refractivity contribution in [3.05, 3.63) is 65.5 Å². The van der Waals surface area contributed by atoms with Gasteiger partial charge in [-0.25, -0.2) is 4.39 Å². The highest BCUT2D eigenvalue weighted by atomic mass is 19.1. The fourth-order valence-electron chi connectivity index (χ4n) is 2.42. The van der Waals surface area contributed by atoms with Crippen LogP contribution >= 0.6 is 0 Å². The molecule has 2 rings (SSSR count). The van der Waals surface area contributed by atoms with Crippen molar-refractivity contribution in [1.82, 2.24) is 0 Å². The maximum atomic E-state index is 13.7. The van der Waals surface area contributed by atoms with E-state index in [-0.39, 0.29) is 5.82 Å². The summed E-state index contributed by atoms with van der Waals surface area (Å²) in [5.41, 5.74) is 2.63. The van der Waals surface area contributed by atoms with Gasteiger partial charge in [-0.3, -0.25) is 0 Å². The lowest BCUT2D eigenvalue weighted by Crippen LogP contribution is -2.25. The third-order valence-electron chi connectivity index (χ3n) is 3.61. The smallest absolute Gasteiger partial charge is 0.146 e. The Morgan fingerprint density at radius 1 is 1.10 bits per heavy atom. The number of aliphatic hydroxyl groups excluding tert-OH is 1. The van der Waals surface area contributed by atoms with E-state index in [1.165, 1.54) is 11.6 Å². The molecule has 0 fully saturated rings. The highest BCUT2D eigenvalue weighted by Gasteiger charge is 2.13. The molecule has 0 saturated heterocycles. The fourth-order valence-corrected chi connectivity index (χ4v) is 2.42. The molecular weight excluding hydrogens is 265 g/mol. The molecule has 0 aliphatic carbocycles. The summed E-state index contributed by atoms with van der Waals surface area (Å²) in [6, 6.07) is 14.6. The van der Waals surface area contributed by atoms with E-state index in [0.29, 0.717) is 12.2 Å². The molecule has 21 heavy (non-hydrogen) atoms. The lowest BCUT2D eigenvalue weighted by atomic mass is 10.0. The Kier molecular flexibility index (Phi) is 5.34. The van der Waals surface area contributed by atoms with Gasteiger partial charge >= 0.3 is 0 Å². The van der Waals surface area contributed by atoms with Gasteiger partial charge in [0.2, 0.25) is 0 Å². The van der Waals surface area contributed by atoms with Gasteiger partial charge in [0.15, 0.2) is 0 Å². The van der Waals surface area contributed by atoms with Crippen LogP contribution in [0.3, 0.4) is 0 Å². The number of hydrogen-bond acceptors (Lipinski definition) is 2. The zero-order valence-corrected chi connectivity index (χ0v) is 12.6. The number of rotatable bonds is 6.